The fourth-order valence-electron chi connectivity index (χ4n) is 2.71. The van der Waals surface area contributed by atoms with Gasteiger partial charge in [-0.3, -0.25) is 9.20 Å². The average Bonchev–Trinajstić information content (AvgIpc) is 3.24. The van der Waals surface area contributed by atoms with Crippen LogP contribution in [0.4, 0.5) is 0 Å². The molecule has 0 unspecified atom stereocenters. The smallest absolute Gasteiger partial charge is 0.220 e. The normalized spacial score (nSPS) is 11.2. The highest BCUT2D eigenvalue weighted by Crippen LogP contribution is 2.22. The van der Waals surface area contributed by atoms with Gasteiger partial charge in [0.15, 0.2) is 5.65 Å². The highest BCUT2D eigenvalue weighted by molar-refractivity contribution is 7.18. The van der Waals surface area contributed by atoms with Gasteiger partial charge in [0.2, 0.25) is 5.91 Å². The zero-order chi connectivity index (χ0) is 17.1. The lowest BCUT2D eigenvalue weighted by molar-refractivity contribution is -0.121. The number of nitrogens with zero attached hydrogens (tertiary/aromatic N) is 4. The van der Waals surface area contributed by atoms with Crippen LogP contribution in [0.5, 0.6) is 0 Å². The monoisotopic (exact) mass is 351 g/mol. The van der Waals surface area contributed by atoms with Crippen LogP contribution in [0.25, 0.3) is 15.9 Å². The van der Waals surface area contributed by atoms with Gasteiger partial charge in [-0.2, -0.15) is 0 Å². The summed E-state index contributed by atoms with van der Waals surface area (Å²) in [5.74, 6) is 0.884. The third kappa shape index (κ3) is 3.51. The second-order valence-electron chi connectivity index (χ2n) is 5.72. The SMILES string of the molecule is O=C(CCc1nc2ccccc2s1)NCCc1nnc2ccccn12. The van der Waals surface area contributed by atoms with Gasteiger partial charge in [0.25, 0.3) is 0 Å². The van der Waals surface area contributed by atoms with E-state index in [0.717, 1.165) is 26.7 Å². The highest BCUT2D eigenvalue weighted by atomic mass is 32.1. The third-order valence-corrected chi connectivity index (χ3v) is 5.06. The number of thiazole rings is 1. The number of carbonyl (C=O) groups excluding carboxylic acids is 1. The number of rotatable bonds is 6. The second kappa shape index (κ2) is 6.98. The van der Waals surface area contributed by atoms with Crippen LogP contribution in [0.15, 0.2) is 48.7 Å². The summed E-state index contributed by atoms with van der Waals surface area (Å²) < 4.78 is 3.10. The summed E-state index contributed by atoms with van der Waals surface area (Å²) in [5.41, 5.74) is 1.82. The molecule has 6 nitrogen and oxygen atoms in total. The van der Waals surface area contributed by atoms with E-state index in [-0.39, 0.29) is 5.91 Å². The summed E-state index contributed by atoms with van der Waals surface area (Å²) in [6, 6.07) is 13.8. The van der Waals surface area contributed by atoms with E-state index in [4.69, 9.17) is 0 Å². The number of benzene rings is 1. The summed E-state index contributed by atoms with van der Waals surface area (Å²) in [4.78, 5) is 16.6. The first-order valence-electron chi connectivity index (χ1n) is 8.19. The molecule has 0 aliphatic rings. The van der Waals surface area contributed by atoms with E-state index in [1.165, 1.54) is 0 Å². The molecule has 25 heavy (non-hydrogen) atoms. The number of aryl methyl sites for hydroxylation is 1. The Morgan fingerprint density at radius 1 is 1.08 bits per heavy atom. The van der Waals surface area contributed by atoms with Crippen molar-refractivity contribution in [1.82, 2.24) is 24.9 Å². The van der Waals surface area contributed by atoms with Crippen LogP contribution < -0.4 is 5.32 Å². The first-order chi connectivity index (χ1) is 12.3. The lowest BCUT2D eigenvalue weighted by Gasteiger charge is -2.03. The van der Waals surface area contributed by atoms with Crippen molar-refractivity contribution in [1.29, 1.82) is 0 Å². The molecule has 3 aromatic heterocycles. The molecule has 1 N–H and O–H groups in total. The van der Waals surface area contributed by atoms with Crippen LogP contribution in [-0.4, -0.2) is 32.0 Å². The molecule has 1 aromatic carbocycles. The lowest BCUT2D eigenvalue weighted by Crippen LogP contribution is -2.26. The van der Waals surface area contributed by atoms with E-state index in [1.807, 2.05) is 47.0 Å². The minimum absolute atomic E-state index is 0.0353. The molecular weight excluding hydrogens is 334 g/mol. The molecule has 0 radical (unpaired) electrons. The number of hydrogen-bond donors (Lipinski definition) is 1. The molecule has 3 heterocycles. The van der Waals surface area contributed by atoms with Gasteiger partial charge in [-0.15, -0.1) is 21.5 Å². The van der Waals surface area contributed by atoms with Crippen LogP contribution in [-0.2, 0) is 17.6 Å². The molecule has 0 saturated carbocycles. The number of carbonyl (C=O) groups is 1. The predicted molar refractivity (Wildman–Crippen MR) is 97.6 cm³/mol. The van der Waals surface area contributed by atoms with Gasteiger partial charge in [-0.1, -0.05) is 18.2 Å². The van der Waals surface area contributed by atoms with Crippen molar-refractivity contribution in [2.24, 2.45) is 0 Å². The fourth-order valence-corrected chi connectivity index (χ4v) is 3.68. The molecule has 0 atom stereocenters. The zero-order valence-electron chi connectivity index (χ0n) is 13.6. The summed E-state index contributed by atoms with van der Waals surface area (Å²) in [6.45, 7) is 0.550. The molecule has 0 bridgehead atoms. The molecule has 0 saturated heterocycles. The Morgan fingerprint density at radius 2 is 1.96 bits per heavy atom. The Bertz CT molecular complexity index is 989. The Hall–Kier alpha value is -2.80. The van der Waals surface area contributed by atoms with Crippen LogP contribution in [0.3, 0.4) is 0 Å². The molecule has 0 aliphatic carbocycles. The van der Waals surface area contributed by atoms with Crippen molar-refractivity contribution in [3.05, 3.63) is 59.5 Å². The summed E-state index contributed by atoms with van der Waals surface area (Å²) in [7, 11) is 0. The minimum atomic E-state index is 0.0353. The molecule has 4 rings (SSSR count). The standard InChI is InChI=1S/C18H17N5OS/c24-17(8-9-18-20-13-5-1-2-6-14(13)25-18)19-11-10-16-22-21-15-7-3-4-12-23(15)16/h1-7,12H,8-11H2,(H,19,24). The van der Waals surface area contributed by atoms with Gasteiger partial charge < -0.3 is 5.32 Å². The molecular formula is C18H17N5OS. The molecule has 0 fully saturated rings. The summed E-state index contributed by atoms with van der Waals surface area (Å²) in [5, 5.41) is 12.2. The van der Waals surface area contributed by atoms with E-state index >= 15 is 0 Å². The quantitative estimate of drug-likeness (QED) is 0.580. The highest BCUT2D eigenvalue weighted by Gasteiger charge is 2.08. The van der Waals surface area contributed by atoms with E-state index in [0.29, 0.717) is 25.8 Å². The van der Waals surface area contributed by atoms with E-state index in [1.54, 1.807) is 11.3 Å². The van der Waals surface area contributed by atoms with Crippen molar-refractivity contribution in [3.63, 3.8) is 0 Å². The molecule has 7 heteroatoms. The van der Waals surface area contributed by atoms with Gasteiger partial charge >= 0.3 is 0 Å². The van der Waals surface area contributed by atoms with Crippen molar-refractivity contribution in [2.45, 2.75) is 19.3 Å². The molecule has 0 aliphatic heterocycles. The van der Waals surface area contributed by atoms with Crippen LogP contribution >= 0.6 is 11.3 Å². The van der Waals surface area contributed by atoms with E-state index < -0.39 is 0 Å². The summed E-state index contributed by atoms with van der Waals surface area (Å²) >= 11 is 1.65. The number of pyridine rings is 1. The lowest BCUT2D eigenvalue weighted by atomic mass is 10.3. The maximum absolute atomic E-state index is 12.0. The third-order valence-electron chi connectivity index (χ3n) is 3.96. The molecule has 4 aromatic rings. The Balaban J connectivity index is 1.27. The first-order valence-corrected chi connectivity index (χ1v) is 9.01. The van der Waals surface area contributed by atoms with Gasteiger partial charge in [0.05, 0.1) is 15.2 Å². The first kappa shape index (κ1) is 15.7. The molecule has 1 amide bonds. The maximum Gasteiger partial charge on any atom is 0.220 e. The summed E-state index contributed by atoms with van der Waals surface area (Å²) in [6.07, 6.45) is 3.69. The van der Waals surface area contributed by atoms with Gasteiger partial charge in [-0.05, 0) is 24.3 Å². The van der Waals surface area contributed by atoms with Crippen molar-refractivity contribution >= 4 is 33.1 Å². The fraction of sp³-hybridized carbons (Fsp3) is 0.222. The number of nitrogens with one attached hydrogen (secondary N) is 1. The number of aromatic nitrogens is 4. The number of fused-ring (bicyclic) bond motifs is 2. The van der Waals surface area contributed by atoms with E-state index in [9.17, 15) is 4.79 Å². The van der Waals surface area contributed by atoms with Crippen molar-refractivity contribution in [3.8, 4) is 0 Å². The number of hydrogen-bond acceptors (Lipinski definition) is 5. The van der Waals surface area contributed by atoms with Crippen molar-refractivity contribution < 1.29 is 4.79 Å². The second-order valence-corrected chi connectivity index (χ2v) is 6.84. The minimum Gasteiger partial charge on any atom is -0.356 e. The Kier molecular flexibility index (Phi) is 4.39. The van der Waals surface area contributed by atoms with Gasteiger partial charge in [-0.25, -0.2) is 4.98 Å². The maximum atomic E-state index is 12.0. The zero-order valence-corrected chi connectivity index (χ0v) is 14.4. The van der Waals surface area contributed by atoms with Gasteiger partial charge in [0.1, 0.15) is 5.82 Å². The topological polar surface area (TPSA) is 72.2 Å². The van der Waals surface area contributed by atoms with Crippen LogP contribution in [0.2, 0.25) is 0 Å². The average molecular weight is 351 g/mol. The Labute approximate surface area is 148 Å². The van der Waals surface area contributed by atoms with Crippen LogP contribution in [0.1, 0.15) is 17.3 Å². The largest absolute Gasteiger partial charge is 0.356 e. The number of amides is 1. The molecule has 0 spiro atoms. The van der Waals surface area contributed by atoms with E-state index in [2.05, 4.69) is 26.6 Å². The van der Waals surface area contributed by atoms with Gasteiger partial charge in [0, 0.05) is 32.0 Å². The predicted octanol–water partition coefficient (Wildman–Crippen LogP) is 2.63. The number of para-hydroxylation sites is 1. The molecule has 126 valence electrons. The Morgan fingerprint density at radius 3 is 2.88 bits per heavy atom. The van der Waals surface area contributed by atoms with Crippen molar-refractivity contribution in [2.75, 3.05) is 6.54 Å². The van der Waals surface area contributed by atoms with Crippen LogP contribution in [0, 0.1) is 0 Å².